The quantitative estimate of drug-likeness (QED) is 0.387. The van der Waals surface area contributed by atoms with Crippen molar-refractivity contribution in [3.8, 4) is 5.75 Å². The highest BCUT2D eigenvalue weighted by atomic mass is 17.3. The maximum atomic E-state index is 6.87. The topological polar surface area (TPSA) is 75.0 Å². The van der Waals surface area contributed by atoms with Crippen LogP contribution in [0, 0.1) is 23.7 Å². The molecule has 3 N–H and O–H groups in total. The van der Waals surface area contributed by atoms with Crippen LogP contribution >= 0.6 is 0 Å². The normalized spacial score (nSPS) is 40.1. The molecule has 1 aromatic rings. The lowest BCUT2D eigenvalue weighted by Gasteiger charge is -2.57. The lowest BCUT2D eigenvalue weighted by Crippen LogP contribution is -2.59. The predicted octanol–water partition coefficient (Wildman–Crippen LogP) is 5.27. The van der Waals surface area contributed by atoms with Crippen molar-refractivity contribution in [2.24, 2.45) is 29.4 Å². The van der Waals surface area contributed by atoms with Crippen LogP contribution < -0.4 is 15.8 Å². The minimum Gasteiger partial charge on any atom is -0.494 e. The zero-order chi connectivity index (χ0) is 24.1. The van der Waals surface area contributed by atoms with Gasteiger partial charge in [0, 0.05) is 36.8 Å². The van der Waals surface area contributed by atoms with E-state index in [2.05, 4.69) is 29.6 Å². The third kappa shape index (κ3) is 4.89. The minimum absolute atomic E-state index is 0.172. The molecule has 7 rings (SSSR count). The van der Waals surface area contributed by atoms with Gasteiger partial charge in [-0.25, -0.2) is 0 Å². The van der Waals surface area contributed by atoms with Crippen LogP contribution in [-0.4, -0.2) is 36.8 Å². The molecule has 6 heteroatoms. The SMILES string of the molecule is CC(C)(N)CNCCCOc1ccc([C@H]2CC[C@]3(CC2)OO[C@]2(O3)C3CC4CC(C3)CC2C4)cc1. The van der Waals surface area contributed by atoms with Gasteiger partial charge in [-0.15, -0.1) is 0 Å². The standard InChI is InChI=1S/C29H44N2O4/c1-27(2,30)19-31-12-3-13-32-26-6-4-22(5-7-26)23-8-10-28(11-9-23)33-29(35-34-28)24-15-20-14-21(17-24)18-25(29)16-20/h4-7,20-21,23-25,31H,3,8-19,30H2,1-2H3/t20?,21?,23-,24?,25?,28+,29-. The summed E-state index contributed by atoms with van der Waals surface area (Å²) in [6.45, 7) is 6.51. The van der Waals surface area contributed by atoms with Gasteiger partial charge in [-0.1, -0.05) is 12.1 Å². The van der Waals surface area contributed by atoms with E-state index in [9.17, 15) is 0 Å². The van der Waals surface area contributed by atoms with Gasteiger partial charge in [-0.3, -0.25) is 0 Å². The summed E-state index contributed by atoms with van der Waals surface area (Å²) in [5.74, 6) is 3.38. The molecule has 6 aliphatic rings. The number of nitrogens with one attached hydrogen (secondary N) is 1. The molecule has 5 aliphatic carbocycles. The fraction of sp³-hybridized carbons (Fsp3) is 0.793. The zero-order valence-corrected chi connectivity index (χ0v) is 21.6. The highest BCUT2D eigenvalue weighted by Gasteiger charge is 2.66. The second kappa shape index (κ2) is 9.29. The first-order valence-electron chi connectivity index (χ1n) is 14.1. The first-order valence-corrected chi connectivity index (χ1v) is 14.1. The molecule has 6 fully saturated rings. The van der Waals surface area contributed by atoms with E-state index in [0.717, 1.165) is 62.8 Å². The lowest BCUT2D eigenvalue weighted by atomic mass is 9.53. The predicted molar refractivity (Wildman–Crippen MR) is 135 cm³/mol. The van der Waals surface area contributed by atoms with Gasteiger partial charge in [0.25, 0.3) is 0 Å². The maximum Gasteiger partial charge on any atom is 0.210 e. The van der Waals surface area contributed by atoms with E-state index in [1.807, 2.05) is 13.8 Å². The van der Waals surface area contributed by atoms with Gasteiger partial charge in [0.15, 0.2) is 0 Å². The average molecular weight is 485 g/mol. The Bertz CT molecular complexity index is 844. The zero-order valence-electron chi connectivity index (χ0n) is 21.6. The summed E-state index contributed by atoms with van der Waals surface area (Å²) in [4.78, 5) is 12.3. The van der Waals surface area contributed by atoms with E-state index in [-0.39, 0.29) is 5.54 Å². The Hall–Kier alpha value is -1.18. The fourth-order valence-corrected chi connectivity index (χ4v) is 7.82. The number of hydrogen-bond acceptors (Lipinski definition) is 6. The third-order valence-electron chi connectivity index (χ3n) is 9.39. The van der Waals surface area contributed by atoms with Crippen LogP contribution in [0.15, 0.2) is 24.3 Å². The third-order valence-corrected chi connectivity index (χ3v) is 9.39. The van der Waals surface area contributed by atoms with Gasteiger partial charge < -0.3 is 20.5 Å². The Balaban J connectivity index is 0.973. The van der Waals surface area contributed by atoms with Crippen molar-refractivity contribution in [3.63, 3.8) is 0 Å². The smallest absolute Gasteiger partial charge is 0.210 e. The van der Waals surface area contributed by atoms with Crippen molar-refractivity contribution >= 4 is 0 Å². The first kappa shape index (κ1) is 24.2. The molecule has 0 atom stereocenters. The van der Waals surface area contributed by atoms with E-state index in [4.69, 9.17) is 25.0 Å². The second-order valence-electron chi connectivity index (χ2n) is 12.9. The van der Waals surface area contributed by atoms with Crippen molar-refractivity contribution in [1.82, 2.24) is 5.32 Å². The summed E-state index contributed by atoms with van der Waals surface area (Å²) in [7, 11) is 0. The average Bonchev–Trinajstić information content (AvgIpc) is 3.19. The van der Waals surface area contributed by atoms with Gasteiger partial charge in [-0.2, -0.15) is 9.78 Å². The molecule has 5 saturated carbocycles. The summed E-state index contributed by atoms with van der Waals surface area (Å²) in [5.41, 5.74) is 7.21. The molecule has 2 spiro atoms. The molecule has 1 heterocycles. The lowest BCUT2D eigenvalue weighted by molar-refractivity contribution is -0.390. The van der Waals surface area contributed by atoms with Crippen molar-refractivity contribution in [1.29, 1.82) is 0 Å². The monoisotopic (exact) mass is 484 g/mol. The molecule has 0 unspecified atom stereocenters. The molecular formula is C29H44N2O4. The molecule has 1 aliphatic heterocycles. The molecular weight excluding hydrogens is 440 g/mol. The van der Waals surface area contributed by atoms with Crippen LogP contribution in [0.2, 0.25) is 0 Å². The minimum atomic E-state index is -0.526. The molecule has 1 saturated heterocycles. The summed E-state index contributed by atoms with van der Waals surface area (Å²) >= 11 is 0. The molecule has 4 bridgehead atoms. The van der Waals surface area contributed by atoms with Crippen LogP contribution in [0.25, 0.3) is 0 Å². The molecule has 1 aromatic carbocycles. The number of nitrogens with two attached hydrogens (primary N) is 1. The summed E-state index contributed by atoms with van der Waals surface area (Å²) in [6.07, 6.45) is 11.5. The van der Waals surface area contributed by atoms with Crippen molar-refractivity contribution in [2.75, 3.05) is 19.7 Å². The Morgan fingerprint density at radius 3 is 2.26 bits per heavy atom. The van der Waals surface area contributed by atoms with Crippen LogP contribution in [-0.2, 0) is 14.5 Å². The second-order valence-corrected chi connectivity index (χ2v) is 12.9. The summed E-state index contributed by atoms with van der Waals surface area (Å²) < 4.78 is 12.8. The number of rotatable bonds is 8. The van der Waals surface area contributed by atoms with E-state index in [1.54, 1.807) is 0 Å². The molecule has 35 heavy (non-hydrogen) atoms. The van der Waals surface area contributed by atoms with Gasteiger partial charge >= 0.3 is 0 Å². The van der Waals surface area contributed by atoms with Gasteiger partial charge in [-0.05, 0) is 107 Å². The Morgan fingerprint density at radius 1 is 0.971 bits per heavy atom. The molecule has 0 radical (unpaired) electrons. The number of hydrogen-bond donors (Lipinski definition) is 2. The number of ether oxygens (including phenoxy) is 2. The highest BCUT2D eigenvalue weighted by Crippen LogP contribution is 2.64. The van der Waals surface area contributed by atoms with Crippen LogP contribution in [0.5, 0.6) is 5.75 Å². The Kier molecular flexibility index (Phi) is 6.41. The van der Waals surface area contributed by atoms with Crippen LogP contribution in [0.4, 0.5) is 0 Å². The van der Waals surface area contributed by atoms with Gasteiger partial charge in [0.2, 0.25) is 11.6 Å². The van der Waals surface area contributed by atoms with Crippen molar-refractivity contribution in [2.45, 2.75) is 101 Å². The van der Waals surface area contributed by atoms with Gasteiger partial charge in [0.05, 0.1) is 6.61 Å². The maximum absolute atomic E-state index is 6.87. The molecule has 0 amide bonds. The molecule has 194 valence electrons. The summed E-state index contributed by atoms with van der Waals surface area (Å²) in [6, 6.07) is 8.70. The van der Waals surface area contributed by atoms with Crippen LogP contribution in [0.3, 0.4) is 0 Å². The first-order chi connectivity index (χ1) is 16.8. The number of benzene rings is 1. The van der Waals surface area contributed by atoms with E-state index >= 15 is 0 Å². The van der Waals surface area contributed by atoms with E-state index in [0.29, 0.717) is 24.4 Å². The largest absolute Gasteiger partial charge is 0.494 e. The Labute approximate surface area is 210 Å². The van der Waals surface area contributed by atoms with Gasteiger partial charge in [0.1, 0.15) is 5.75 Å². The molecule has 6 nitrogen and oxygen atoms in total. The van der Waals surface area contributed by atoms with E-state index in [1.165, 1.54) is 37.7 Å². The summed E-state index contributed by atoms with van der Waals surface area (Å²) in [5, 5.41) is 3.38. The van der Waals surface area contributed by atoms with Crippen molar-refractivity contribution < 1.29 is 19.2 Å². The van der Waals surface area contributed by atoms with E-state index < -0.39 is 11.6 Å². The van der Waals surface area contributed by atoms with Crippen LogP contribution in [0.1, 0.15) is 89.5 Å². The van der Waals surface area contributed by atoms with Crippen molar-refractivity contribution in [3.05, 3.63) is 29.8 Å². The molecule has 0 aromatic heterocycles. The fourth-order valence-electron chi connectivity index (χ4n) is 7.82. The highest BCUT2D eigenvalue weighted by molar-refractivity contribution is 5.30. The Morgan fingerprint density at radius 2 is 1.63 bits per heavy atom.